The van der Waals surface area contributed by atoms with Crippen molar-refractivity contribution < 1.29 is 14.3 Å². The monoisotopic (exact) mass is 222 g/mol. The van der Waals surface area contributed by atoms with Crippen LogP contribution in [0.5, 0.6) is 11.5 Å². The Bertz CT molecular complexity index is 328. The Morgan fingerprint density at radius 1 is 1.19 bits per heavy atom. The van der Waals surface area contributed by atoms with Crippen molar-refractivity contribution in [2.45, 2.75) is 27.2 Å². The Hall–Kier alpha value is -1.51. The standard InChI is InChI=1S/C13H18O3/c1-10(2)8-9-15-12-4-6-13(7-5-12)16-11(3)14/h4-7,10H,8-9H2,1-3H3. The quantitative estimate of drug-likeness (QED) is 0.567. The van der Waals surface area contributed by atoms with Gasteiger partial charge in [0.1, 0.15) is 11.5 Å². The van der Waals surface area contributed by atoms with Gasteiger partial charge in [-0.2, -0.15) is 0 Å². The number of ether oxygens (including phenoxy) is 2. The number of benzene rings is 1. The van der Waals surface area contributed by atoms with Gasteiger partial charge in [-0.3, -0.25) is 4.79 Å². The van der Waals surface area contributed by atoms with Crippen LogP contribution in [0.2, 0.25) is 0 Å². The van der Waals surface area contributed by atoms with E-state index in [1.807, 2.05) is 0 Å². The van der Waals surface area contributed by atoms with E-state index in [-0.39, 0.29) is 5.97 Å². The van der Waals surface area contributed by atoms with E-state index in [9.17, 15) is 4.79 Å². The van der Waals surface area contributed by atoms with Crippen LogP contribution in [0, 0.1) is 5.92 Å². The van der Waals surface area contributed by atoms with Crippen molar-refractivity contribution in [3.05, 3.63) is 24.3 Å². The normalized spacial score (nSPS) is 10.2. The molecule has 1 aromatic rings. The molecule has 0 heterocycles. The van der Waals surface area contributed by atoms with Gasteiger partial charge < -0.3 is 9.47 Å². The predicted molar refractivity (Wildman–Crippen MR) is 62.7 cm³/mol. The van der Waals surface area contributed by atoms with Gasteiger partial charge in [0.2, 0.25) is 0 Å². The fourth-order valence-electron chi connectivity index (χ4n) is 1.18. The van der Waals surface area contributed by atoms with E-state index in [1.54, 1.807) is 24.3 Å². The zero-order valence-corrected chi connectivity index (χ0v) is 10.0. The number of rotatable bonds is 5. The Labute approximate surface area is 96.4 Å². The van der Waals surface area contributed by atoms with Gasteiger partial charge in [-0.25, -0.2) is 0 Å². The predicted octanol–water partition coefficient (Wildman–Crippen LogP) is 3.04. The molecule has 0 aromatic heterocycles. The van der Waals surface area contributed by atoms with E-state index in [0.29, 0.717) is 18.3 Å². The Morgan fingerprint density at radius 3 is 2.25 bits per heavy atom. The number of hydrogen-bond donors (Lipinski definition) is 0. The summed E-state index contributed by atoms with van der Waals surface area (Å²) in [5.41, 5.74) is 0. The zero-order chi connectivity index (χ0) is 12.0. The highest BCUT2D eigenvalue weighted by molar-refractivity contribution is 5.69. The maximum atomic E-state index is 10.7. The first kappa shape index (κ1) is 12.6. The first-order valence-electron chi connectivity index (χ1n) is 5.49. The molecule has 1 aromatic carbocycles. The van der Waals surface area contributed by atoms with Crippen LogP contribution in [-0.4, -0.2) is 12.6 Å². The average Bonchev–Trinajstić information content (AvgIpc) is 2.19. The van der Waals surface area contributed by atoms with Gasteiger partial charge in [0.15, 0.2) is 0 Å². The average molecular weight is 222 g/mol. The molecule has 3 nitrogen and oxygen atoms in total. The van der Waals surface area contributed by atoms with Crippen LogP contribution < -0.4 is 9.47 Å². The van der Waals surface area contributed by atoms with Crippen molar-refractivity contribution in [3.8, 4) is 11.5 Å². The third-order valence-electron chi connectivity index (χ3n) is 2.05. The van der Waals surface area contributed by atoms with Crippen LogP contribution in [0.25, 0.3) is 0 Å². The molecule has 0 bridgehead atoms. The summed E-state index contributed by atoms with van der Waals surface area (Å²) in [4.78, 5) is 10.7. The lowest BCUT2D eigenvalue weighted by molar-refractivity contribution is -0.131. The van der Waals surface area contributed by atoms with Crippen molar-refractivity contribution in [2.75, 3.05) is 6.61 Å². The number of hydrogen-bond acceptors (Lipinski definition) is 3. The first-order valence-corrected chi connectivity index (χ1v) is 5.49. The molecule has 0 N–H and O–H groups in total. The fraction of sp³-hybridized carbons (Fsp3) is 0.462. The molecule has 0 fully saturated rings. The van der Waals surface area contributed by atoms with Crippen LogP contribution in [0.3, 0.4) is 0 Å². The van der Waals surface area contributed by atoms with Crippen molar-refractivity contribution in [2.24, 2.45) is 5.92 Å². The molecule has 0 aliphatic rings. The van der Waals surface area contributed by atoms with Crippen molar-refractivity contribution in [1.29, 1.82) is 0 Å². The topological polar surface area (TPSA) is 35.5 Å². The van der Waals surface area contributed by atoms with Gasteiger partial charge in [0, 0.05) is 6.92 Å². The third kappa shape index (κ3) is 4.82. The van der Waals surface area contributed by atoms with E-state index in [2.05, 4.69) is 13.8 Å². The van der Waals surface area contributed by atoms with E-state index >= 15 is 0 Å². The fourth-order valence-corrected chi connectivity index (χ4v) is 1.18. The highest BCUT2D eigenvalue weighted by atomic mass is 16.5. The summed E-state index contributed by atoms with van der Waals surface area (Å²) < 4.78 is 10.5. The van der Waals surface area contributed by atoms with Gasteiger partial charge in [-0.1, -0.05) is 13.8 Å². The molecular weight excluding hydrogens is 204 g/mol. The highest BCUT2D eigenvalue weighted by Crippen LogP contribution is 2.18. The van der Waals surface area contributed by atoms with Gasteiger partial charge in [-0.05, 0) is 36.6 Å². The third-order valence-corrected chi connectivity index (χ3v) is 2.05. The lowest BCUT2D eigenvalue weighted by Crippen LogP contribution is -2.02. The minimum absolute atomic E-state index is 0.312. The molecule has 0 aliphatic heterocycles. The molecule has 1 rings (SSSR count). The molecule has 3 heteroatoms. The SMILES string of the molecule is CC(=O)Oc1ccc(OCCC(C)C)cc1. The second-order valence-corrected chi connectivity index (χ2v) is 4.10. The summed E-state index contributed by atoms with van der Waals surface area (Å²) in [6, 6.07) is 7.06. The van der Waals surface area contributed by atoms with Crippen molar-refractivity contribution >= 4 is 5.97 Å². The van der Waals surface area contributed by atoms with E-state index in [4.69, 9.17) is 9.47 Å². The van der Waals surface area contributed by atoms with Crippen molar-refractivity contribution in [1.82, 2.24) is 0 Å². The largest absolute Gasteiger partial charge is 0.494 e. The number of esters is 1. The maximum absolute atomic E-state index is 10.7. The smallest absolute Gasteiger partial charge is 0.308 e. The van der Waals surface area contributed by atoms with E-state index < -0.39 is 0 Å². The molecular formula is C13H18O3. The molecule has 0 radical (unpaired) electrons. The Balaban J connectivity index is 2.42. The van der Waals surface area contributed by atoms with Gasteiger partial charge in [0.05, 0.1) is 6.61 Å². The molecule has 0 amide bonds. The minimum atomic E-state index is -0.312. The molecule has 0 aliphatic carbocycles. The Kier molecular flexibility index (Phi) is 4.83. The molecule has 16 heavy (non-hydrogen) atoms. The van der Waals surface area contributed by atoms with Crippen LogP contribution in [0.15, 0.2) is 24.3 Å². The molecule has 0 spiro atoms. The van der Waals surface area contributed by atoms with Crippen LogP contribution in [-0.2, 0) is 4.79 Å². The zero-order valence-electron chi connectivity index (χ0n) is 10.0. The Morgan fingerprint density at radius 2 is 1.75 bits per heavy atom. The second kappa shape index (κ2) is 6.16. The van der Waals surface area contributed by atoms with Crippen molar-refractivity contribution in [3.63, 3.8) is 0 Å². The van der Waals surface area contributed by atoms with E-state index in [1.165, 1.54) is 6.92 Å². The number of carbonyl (C=O) groups excluding carboxylic acids is 1. The summed E-state index contributed by atoms with van der Waals surface area (Å²) in [7, 11) is 0. The van der Waals surface area contributed by atoms with Gasteiger partial charge in [-0.15, -0.1) is 0 Å². The summed E-state index contributed by atoms with van der Waals surface area (Å²) in [6.07, 6.45) is 1.03. The van der Waals surface area contributed by atoms with Gasteiger partial charge >= 0.3 is 5.97 Å². The van der Waals surface area contributed by atoms with Gasteiger partial charge in [0.25, 0.3) is 0 Å². The molecule has 0 saturated carbocycles. The molecule has 0 saturated heterocycles. The number of carbonyl (C=O) groups is 1. The molecule has 0 atom stereocenters. The summed E-state index contributed by atoms with van der Waals surface area (Å²) >= 11 is 0. The second-order valence-electron chi connectivity index (χ2n) is 4.10. The summed E-state index contributed by atoms with van der Waals surface area (Å²) in [5.74, 6) is 1.68. The first-order chi connectivity index (χ1) is 7.58. The van der Waals surface area contributed by atoms with E-state index in [0.717, 1.165) is 12.2 Å². The molecule has 88 valence electrons. The lowest BCUT2D eigenvalue weighted by Gasteiger charge is -2.08. The summed E-state index contributed by atoms with van der Waals surface area (Å²) in [5, 5.41) is 0. The summed E-state index contributed by atoms with van der Waals surface area (Å²) in [6.45, 7) is 6.41. The lowest BCUT2D eigenvalue weighted by atomic mass is 10.1. The highest BCUT2D eigenvalue weighted by Gasteiger charge is 1.99. The molecule has 0 unspecified atom stereocenters. The van der Waals surface area contributed by atoms with Crippen LogP contribution >= 0.6 is 0 Å². The van der Waals surface area contributed by atoms with Crippen LogP contribution in [0.1, 0.15) is 27.2 Å². The maximum Gasteiger partial charge on any atom is 0.308 e. The minimum Gasteiger partial charge on any atom is -0.494 e. The van der Waals surface area contributed by atoms with Crippen LogP contribution in [0.4, 0.5) is 0 Å².